The van der Waals surface area contributed by atoms with Crippen molar-refractivity contribution in [1.29, 1.82) is 0 Å². The van der Waals surface area contributed by atoms with E-state index in [2.05, 4.69) is 0 Å². The molecule has 108 valence electrons. The lowest BCUT2D eigenvalue weighted by Crippen LogP contribution is -2.43. The summed E-state index contributed by atoms with van der Waals surface area (Å²) in [6.07, 6.45) is 1.12. The Hall–Kier alpha value is -1.49. The summed E-state index contributed by atoms with van der Waals surface area (Å²) in [6, 6.07) is 9.85. The van der Waals surface area contributed by atoms with Crippen molar-refractivity contribution in [3.63, 3.8) is 0 Å². The maximum absolute atomic E-state index is 12.3. The number of carboxylic acid groups (broad SMARTS) is 1. The van der Waals surface area contributed by atoms with Crippen LogP contribution in [-0.2, 0) is 9.59 Å². The third-order valence-electron chi connectivity index (χ3n) is 3.56. The highest BCUT2D eigenvalue weighted by Gasteiger charge is 2.29. The van der Waals surface area contributed by atoms with Crippen LogP contribution in [-0.4, -0.2) is 40.2 Å². The molecule has 1 aliphatic rings. The summed E-state index contributed by atoms with van der Waals surface area (Å²) < 4.78 is 0. The molecule has 1 fully saturated rings. The number of rotatable bonds is 4. The molecule has 1 amide bonds. The second-order valence-electron chi connectivity index (χ2n) is 5.01. The Morgan fingerprint density at radius 3 is 2.40 bits per heavy atom. The van der Waals surface area contributed by atoms with E-state index in [1.807, 2.05) is 37.3 Å². The van der Waals surface area contributed by atoms with Gasteiger partial charge in [0.2, 0.25) is 5.91 Å². The van der Waals surface area contributed by atoms with Gasteiger partial charge in [-0.1, -0.05) is 18.2 Å². The molecule has 1 aromatic rings. The Balaban J connectivity index is 1.87. The minimum atomic E-state index is -0.746. The maximum Gasteiger partial charge on any atom is 0.306 e. The summed E-state index contributed by atoms with van der Waals surface area (Å²) in [6.45, 7) is 3.01. The molecule has 0 radical (unpaired) electrons. The van der Waals surface area contributed by atoms with Gasteiger partial charge in [-0.25, -0.2) is 0 Å². The quantitative estimate of drug-likeness (QED) is 0.867. The van der Waals surface area contributed by atoms with E-state index in [0.29, 0.717) is 25.9 Å². The van der Waals surface area contributed by atoms with E-state index in [0.717, 1.165) is 4.90 Å². The molecule has 0 saturated carbocycles. The van der Waals surface area contributed by atoms with Gasteiger partial charge in [-0.2, -0.15) is 0 Å². The number of hydrogen-bond acceptors (Lipinski definition) is 3. The highest BCUT2D eigenvalue weighted by molar-refractivity contribution is 8.00. The van der Waals surface area contributed by atoms with Gasteiger partial charge in [0.15, 0.2) is 0 Å². The first-order valence-electron chi connectivity index (χ1n) is 6.81. The van der Waals surface area contributed by atoms with Crippen LogP contribution in [0.15, 0.2) is 35.2 Å². The zero-order chi connectivity index (χ0) is 14.5. The van der Waals surface area contributed by atoms with E-state index in [-0.39, 0.29) is 17.1 Å². The average molecular weight is 293 g/mol. The van der Waals surface area contributed by atoms with Crippen molar-refractivity contribution in [2.75, 3.05) is 13.1 Å². The van der Waals surface area contributed by atoms with Crippen LogP contribution in [0.4, 0.5) is 0 Å². The molecule has 0 aromatic heterocycles. The van der Waals surface area contributed by atoms with Gasteiger partial charge in [-0.3, -0.25) is 9.59 Å². The summed E-state index contributed by atoms with van der Waals surface area (Å²) in [5.41, 5.74) is 0. The standard InChI is InChI=1S/C15H19NO3S/c1-11(20-13-5-3-2-4-6-13)14(17)16-9-7-12(8-10-16)15(18)19/h2-6,11-12H,7-10H2,1H3,(H,18,19). The number of benzene rings is 1. The number of hydrogen-bond donors (Lipinski definition) is 1. The molecule has 5 heteroatoms. The molecular formula is C15H19NO3S. The van der Waals surface area contributed by atoms with Crippen molar-refractivity contribution < 1.29 is 14.7 Å². The van der Waals surface area contributed by atoms with Gasteiger partial charge >= 0.3 is 5.97 Å². The monoisotopic (exact) mass is 293 g/mol. The molecule has 20 heavy (non-hydrogen) atoms. The first kappa shape index (κ1) is 14.9. The molecular weight excluding hydrogens is 274 g/mol. The van der Waals surface area contributed by atoms with Crippen LogP contribution in [0.25, 0.3) is 0 Å². The molecule has 1 saturated heterocycles. The lowest BCUT2D eigenvalue weighted by atomic mass is 9.97. The number of piperidine rings is 1. The molecule has 0 bridgehead atoms. The highest BCUT2D eigenvalue weighted by Crippen LogP contribution is 2.26. The number of thioether (sulfide) groups is 1. The Morgan fingerprint density at radius 2 is 1.85 bits per heavy atom. The van der Waals surface area contributed by atoms with Crippen molar-refractivity contribution in [1.82, 2.24) is 4.90 Å². The van der Waals surface area contributed by atoms with Crippen LogP contribution in [0.2, 0.25) is 0 Å². The largest absolute Gasteiger partial charge is 0.481 e. The molecule has 0 spiro atoms. The fraction of sp³-hybridized carbons (Fsp3) is 0.467. The molecule has 1 heterocycles. The lowest BCUT2D eigenvalue weighted by molar-refractivity contribution is -0.145. The highest BCUT2D eigenvalue weighted by atomic mass is 32.2. The van der Waals surface area contributed by atoms with E-state index < -0.39 is 5.97 Å². The molecule has 1 aliphatic heterocycles. The smallest absolute Gasteiger partial charge is 0.306 e. The topological polar surface area (TPSA) is 57.6 Å². The van der Waals surface area contributed by atoms with Gasteiger partial charge < -0.3 is 10.0 Å². The van der Waals surface area contributed by atoms with Crippen LogP contribution in [0, 0.1) is 5.92 Å². The average Bonchev–Trinajstić information content (AvgIpc) is 2.47. The van der Waals surface area contributed by atoms with Crippen LogP contribution >= 0.6 is 11.8 Å². The normalized spacial score (nSPS) is 17.8. The number of nitrogens with zero attached hydrogens (tertiary/aromatic N) is 1. The molecule has 4 nitrogen and oxygen atoms in total. The fourth-order valence-electron chi connectivity index (χ4n) is 2.36. The Morgan fingerprint density at radius 1 is 1.25 bits per heavy atom. The SMILES string of the molecule is CC(Sc1ccccc1)C(=O)N1CCC(C(=O)O)CC1. The van der Waals surface area contributed by atoms with Gasteiger partial charge in [0, 0.05) is 18.0 Å². The third-order valence-corrected chi connectivity index (χ3v) is 4.66. The van der Waals surface area contributed by atoms with Crippen molar-refractivity contribution in [2.24, 2.45) is 5.92 Å². The number of likely N-dealkylation sites (tertiary alicyclic amines) is 1. The molecule has 1 aromatic carbocycles. The van der Waals surface area contributed by atoms with Gasteiger partial charge in [-0.15, -0.1) is 11.8 Å². The van der Waals surface area contributed by atoms with Crippen molar-refractivity contribution >= 4 is 23.6 Å². The van der Waals surface area contributed by atoms with E-state index in [9.17, 15) is 9.59 Å². The Kier molecular flexibility index (Phi) is 5.06. The van der Waals surface area contributed by atoms with Crippen molar-refractivity contribution in [3.05, 3.63) is 30.3 Å². The molecule has 2 rings (SSSR count). The van der Waals surface area contributed by atoms with Gasteiger partial charge in [0.05, 0.1) is 11.2 Å². The van der Waals surface area contributed by atoms with Crippen LogP contribution in [0.1, 0.15) is 19.8 Å². The second kappa shape index (κ2) is 6.79. The van der Waals surface area contributed by atoms with Gasteiger partial charge in [-0.05, 0) is 31.9 Å². The second-order valence-corrected chi connectivity index (χ2v) is 6.43. The lowest BCUT2D eigenvalue weighted by Gasteiger charge is -2.31. The molecule has 0 aliphatic carbocycles. The van der Waals surface area contributed by atoms with Gasteiger partial charge in [0.25, 0.3) is 0 Å². The summed E-state index contributed by atoms with van der Waals surface area (Å²) >= 11 is 1.54. The zero-order valence-corrected chi connectivity index (χ0v) is 12.3. The number of carbonyl (C=O) groups excluding carboxylic acids is 1. The van der Waals surface area contributed by atoms with E-state index in [4.69, 9.17) is 5.11 Å². The number of aliphatic carboxylic acids is 1. The van der Waals surface area contributed by atoms with E-state index >= 15 is 0 Å². The summed E-state index contributed by atoms with van der Waals surface area (Å²) in [5, 5.41) is 8.82. The van der Waals surface area contributed by atoms with E-state index in [1.54, 1.807) is 16.7 Å². The van der Waals surface area contributed by atoms with Crippen LogP contribution in [0.5, 0.6) is 0 Å². The maximum atomic E-state index is 12.3. The zero-order valence-electron chi connectivity index (χ0n) is 11.5. The Labute approximate surface area is 123 Å². The van der Waals surface area contributed by atoms with Crippen LogP contribution < -0.4 is 0 Å². The number of carbonyl (C=O) groups is 2. The predicted molar refractivity (Wildman–Crippen MR) is 78.7 cm³/mol. The third kappa shape index (κ3) is 3.76. The summed E-state index contributed by atoms with van der Waals surface area (Å²) in [5.74, 6) is -0.942. The van der Waals surface area contributed by atoms with Gasteiger partial charge in [0.1, 0.15) is 0 Å². The number of carboxylic acids is 1. The first-order valence-corrected chi connectivity index (χ1v) is 7.69. The predicted octanol–water partition coefficient (Wildman–Crippen LogP) is 2.49. The molecule has 1 unspecified atom stereocenters. The Bertz CT molecular complexity index is 469. The minimum Gasteiger partial charge on any atom is -0.481 e. The summed E-state index contributed by atoms with van der Waals surface area (Å²) in [4.78, 5) is 26.1. The number of amides is 1. The van der Waals surface area contributed by atoms with Crippen molar-refractivity contribution in [2.45, 2.75) is 29.9 Å². The molecule has 1 atom stereocenters. The molecule has 1 N–H and O–H groups in total. The van der Waals surface area contributed by atoms with Crippen LogP contribution in [0.3, 0.4) is 0 Å². The minimum absolute atomic E-state index is 0.0997. The van der Waals surface area contributed by atoms with Crippen molar-refractivity contribution in [3.8, 4) is 0 Å². The fourth-order valence-corrected chi connectivity index (χ4v) is 3.33. The first-order chi connectivity index (χ1) is 9.58. The summed E-state index contributed by atoms with van der Waals surface area (Å²) in [7, 11) is 0. The van der Waals surface area contributed by atoms with E-state index in [1.165, 1.54) is 0 Å².